The second-order valence-electron chi connectivity index (χ2n) is 3.69. The Morgan fingerprint density at radius 3 is 2.79 bits per heavy atom. The smallest absolute Gasteiger partial charge is 0.345 e. The van der Waals surface area contributed by atoms with Crippen LogP contribution in [0.1, 0.15) is 5.56 Å². The molecule has 7 nitrogen and oxygen atoms in total. The Morgan fingerprint density at radius 2 is 2.21 bits per heavy atom. The van der Waals surface area contributed by atoms with Crippen LogP contribution in [0.2, 0.25) is 0 Å². The fourth-order valence-electron chi connectivity index (χ4n) is 1.48. The van der Waals surface area contributed by atoms with E-state index in [9.17, 15) is 10.1 Å². The van der Waals surface area contributed by atoms with Gasteiger partial charge in [-0.2, -0.15) is 0 Å². The van der Waals surface area contributed by atoms with E-state index in [1.54, 1.807) is 0 Å². The molecule has 0 saturated carbocycles. The second-order valence-corrected chi connectivity index (χ2v) is 4.67. The minimum atomic E-state index is -0.497. The average molecular weight is 277 g/mol. The summed E-state index contributed by atoms with van der Waals surface area (Å²) in [4.78, 5) is 13.8. The maximum absolute atomic E-state index is 10.5. The van der Waals surface area contributed by atoms with Crippen molar-refractivity contribution in [1.29, 1.82) is 0 Å². The van der Waals surface area contributed by atoms with Gasteiger partial charge in [0.1, 0.15) is 6.20 Å². The van der Waals surface area contributed by atoms with E-state index in [0.29, 0.717) is 5.69 Å². The predicted molar refractivity (Wildman–Crippen MR) is 73.7 cm³/mol. The van der Waals surface area contributed by atoms with Crippen LogP contribution in [0.4, 0.5) is 21.5 Å². The van der Waals surface area contributed by atoms with Crippen molar-refractivity contribution >= 4 is 32.8 Å². The molecule has 0 fully saturated rings. The van der Waals surface area contributed by atoms with Crippen molar-refractivity contribution in [2.45, 2.75) is 6.92 Å². The van der Waals surface area contributed by atoms with Gasteiger partial charge in [-0.05, 0) is 42.0 Å². The number of nitrogens with one attached hydrogen (secondary N) is 1. The third-order valence-corrected chi connectivity index (χ3v) is 3.22. The molecule has 0 bridgehead atoms. The summed E-state index contributed by atoms with van der Waals surface area (Å²) in [7, 11) is 1.85. The first-order chi connectivity index (χ1) is 9.10. The van der Waals surface area contributed by atoms with E-state index in [0.717, 1.165) is 22.6 Å². The van der Waals surface area contributed by atoms with Crippen LogP contribution in [-0.2, 0) is 0 Å². The van der Waals surface area contributed by atoms with Crippen molar-refractivity contribution in [3.05, 3.63) is 40.1 Å². The Labute approximate surface area is 113 Å². The highest BCUT2D eigenvalue weighted by molar-refractivity contribution is 7.18. The molecule has 1 N–H and O–H groups in total. The predicted octanol–water partition coefficient (Wildman–Crippen LogP) is 3.82. The van der Waals surface area contributed by atoms with Crippen LogP contribution in [0.5, 0.6) is 0 Å². The number of nitro groups is 1. The number of aromatic nitrogens is 1. The molecule has 8 heteroatoms. The van der Waals surface area contributed by atoms with E-state index in [-0.39, 0.29) is 10.1 Å². The van der Waals surface area contributed by atoms with Crippen LogP contribution in [0.25, 0.3) is 0 Å². The molecule has 0 amide bonds. The molecule has 0 aliphatic rings. The fourth-order valence-corrected chi connectivity index (χ4v) is 2.03. The molecule has 1 aromatic carbocycles. The van der Waals surface area contributed by atoms with Crippen molar-refractivity contribution in [3.63, 3.8) is 0 Å². The van der Waals surface area contributed by atoms with Crippen LogP contribution in [0, 0.1) is 17.0 Å². The molecule has 98 valence electrons. The Bertz CT molecular complexity index is 638. The van der Waals surface area contributed by atoms with Crippen LogP contribution >= 0.6 is 11.3 Å². The largest absolute Gasteiger partial charge is 0.388 e. The lowest BCUT2D eigenvalue weighted by molar-refractivity contribution is -0.380. The summed E-state index contributed by atoms with van der Waals surface area (Å²) in [6.07, 6.45) is 1.17. The van der Waals surface area contributed by atoms with Gasteiger partial charge in [-0.15, -0.1) is 10.2 Å². The third-order valence-electron chi connectivity index (χ3n) is 2.39. The summed E-state index contributed by atoms with van der Waals surface area (Å²) in [6.45, 7) is 1.96. The molecule has 2 aromatic rings. The van der Waals surface area contributed by atoms with Gasteiger partial charge in [-0.3, -0.25) is 10.1 Å². The number of hydrogen-bond acceptors (Lipinski definition) is 7. The summed E-state index contributed by atoms with van der Waals surface area (Å²) in [6, 6.07) is 5.58. The lowest BCUT2D eigenvalue weighted by Gasteiger charge is -2.04. The maximum atomic E-state index is 10.5. The minimum Gasteiger partial charge on any atom is -0.388 e. The van der Waals surface area contributed by atoms with Crippen molar-refractivity contribution in [1.82, 2.24) is 4.98 Å². The van der Waals surface area contributed by atoms with Crippen molar-refractivity contribution < 1.29 is 4.92 Å². The number of benzene rings is 1. The monoisotopic (exact) mass is 277 g/mol. The highest BCUT2D eigenvalue weighted by Crippen LogP contribution is 2.29. The number of rotatable bonds is 4. The summed E-state index contributed by atoms with van der Waals surface area (Å²) in [5, 5.41) is 21.7. The van der Waals surface area contributed by atoms with E-state index in [2.05, 4.69) is 20.5 Å². The van der Waals surface area contributed by atoms with Crippen LogP contribution in [-0.4, -0.2) is 17.0 Å². The van der Waals surface area contributed by atoms with Gasteiger partial charge in [-0.1, -0.05) is 0 Å². The van der Waals surface area contributed by atoms with Crippen LogP contribution in [0.15, 0.2) is 34.6 Å². The first kappa shape index (κ1) is 13.1. The molecular formula is C11H11N5O2S. The van der Waals surface area contributed by atoms with Crippen molar-refractivity contribution in [2.75, 3.05) is 12.4 Å². The number of thiazole rings is 1. The zero-order valence-corrected chi connectivity index (χ0v) is 11.1. The number of anilines is 1. The van der Waals surface area contributed by atoms with Crippen molar-refractivity contribution in [2.24, 2.45) is 10.2 Å². The molecule has 0 radical (unpaired) electrons. The molecule has 0 aliphatic carbocycles. The molecule has 2 rings (SSSR count). The van der Waals surface area contributed by atoms with E-state index in [1.807, 2.05) is 32.2 Å². The number of nitrogens with zero attached hydrogens (tertiary/aromatic N) is 4. The molecule has 0 spiro atoms. The van der Waals surface area contributed by atoms with Gasteiger partial charge in [0, 0.05) is 12.7 Å². The fraction of sp³-hybridized carbons (Fsp3) is 0.182. The van der Waals surface area contributed by atoms with Gasteiger partial charge in [-0.25, -0.2) is 4.98 Å². The molecular weight excluding hydrogens is 266 g/mol. The Kier molecular flexibility index (Phi) is 3.81. The zero-order chi connectivity index (χ0) is 13.8. The Morgan fingerprint density at radius 1 is 1.42 bits per heavy atom. The molecule has 0 saturated heterocycles. The minimum absolute atomic E-state index is 0.0457. The second kappa shape index (κ2) is 5.53. The van der Waals surface area contributed by atoms with E-state index in [1.165, 1.54) is 6.20 Å². The highest BCUT2D eigenvalue weighted by Gasteiger charge is 2.10. The number of aryl methyl sites for hydroxylation is 1. The highest BCUT2D eigenvalue weighted by atomic mass is 32.1. The number of hydrogen-bond donors (Lipinski definition) is 1. The quantitative estimate of drug-likeness (QED) is 0.522. The first-order valence-electron chi connectivity index (χ1n) is 5.40. The molecule has 0 aliphatic heterocycles. The topological polar surface area (TPSA) is 92.8 Å². The van der Waals surface area contributed by atoms with Gasteiger partial charge < -0.3 is 5.32 Å². The zero-order valence-electron chi connectivity index (χ0n) is 10.3. The van der Waals surface area contributed by atoms with E-state index in [4.69, 9.17) is 0 Å². The average Bonchev–Trinajstić information content (AvgIpc) is 2.85. The van der Waals surface area contributed by atoms with Gasteiger partial charge in [0.25, 0.3) is 0 Å². The van der Waals surface area contributed by atoms with Crippen molar-refractivity contribution in [3.8, 4) is 0 Å². The van der Waals surface area contributed by atoms with Crippen LogP contribution < -0.4 is 5.32 Å². The molecule has 1 aromatic heterocycles. The standard InChI is InChI=1S/C11H11N5O2S/c1-7-5-8(3-4-9(7)12-2)14-15-11-13-6-10(19-11)16(17)18/h3-6,12H,1-2H3. The summed E-state index contributed by atoms with van der Waals surface area (Å²) in [5.41, 5.74) is 2.74. The van der Waals surface area contributed by atoms with Gasteiger partial charge in [0.15, 0.2) is 0 Å². The molecule has 1 heterocycles. The molecule has 0 atom stereocenters. The lowest BCUT2D eigenvalue weighted by Crippen LogP contribution is -1.89. The summed E-state index contributed by atoms with van der Waals surface area (Å²) < 4.78 is 0. The maximum Gasteiger partial charge on any atom is 0.345 e. The number of azo groups is 1. The normalized spacial score (nSPS) is 10.8. The van der Waals surface area contributed by atoms with E-state index < -0.39 is 4.92 Å². The van der Waals surface area contributed by atoms with Crippen LogP contribution in [0.3, 0.4) is 0 Å². The van der Waals surface area contributed by atoms with Gasteiger partial charge >= 0.3 is 5.00 Å². The van der Waals surface area contributed by atoms with Gasteiger partial charge in [0.2, 0.25) is 5.13 Å². The van der Waals surface area contributed by atoms with E-state index >= 15 is 0 Å². The lowest BCUT2D eigenvalue weighted by atomic mass is 10.2. The third kappa shape index (κ3) is 3.10. The molecule has 0 unspecified atom stereocenters. The summed E-state index contributed by atoms with van der Waals surface area (Å²) >= 11 is 0.889. The molecule has 19 heavy (non-hydrogen) atoms. The summed E-state index contributed by atoms with van der Waals surface area (Å²) in [5.74, 6) is 0. The first-order valence-corrected chi connectivity index (χ1v) is 6.22. The van der Waals surface area contributed by atoms with Gasteiger partial charge in [0.05, 0.1) is 10.6 Å². The SMILES string of the molecule is CNc1ccc(N=Nc2ncc([N+](=O)[O-])s2)cc1C. The Balaban J connectivity index is 2.17. The Hall–Kier alpha value is -2.35.